The summed E-state index contributed by atoms with van der Waals surface area (Å²) in [5.41, 5.74) is 1.43. The number of anilines is 1. The topological polar surface area (TPSA) is 71.4 Å². The summed E-state index contributed by atoms with van der Waals surface area (Å²) >= 11 is 0. The van der Waals surface area contributed by atoms with Gasteiger partial charge in [0.15, 0.2) is 6.67 Å². The molecule has 0 aliphatic carbocycles. The molecule has 1 aliphatic rings. The van der Waals surface area contributed by atoms with Gasteiger partial charge in [0, 0.05) is 5.56 Å². The lowest BCUT2D eigenvalue weighted by Crippen LogP contribution is -3.09. The zero-order valence-electron chi connectivity index (χ0n) is 14.6. The summed E-state index contributed by atoms with van der Waals surface area (Å²) in [4.78, 5) is 40.0. The predicted molar refractivity (Wildman–Crippen MR) is 94.6 cm³/mol. The number of hydrogen-bond acceptors (Lipinski definition) is 4. The van der Waals surface area contributed by atoms with Crippen molar-refractivity contribution >= 4 is 23.5 Å². The third-order valence-electron chi connectivity index (χ3n) is 4.16. The number of ether oxygens (including phenoxy) is 1. The van der Waals surface area contributed by atoms with Crippen LogP contribution in [0.5, 0.6) is 5.75 Å². The normalized spacial score (nSPS) is 15.5. The third kappa shape index (κ3) is 3.43. The highest BCUT2D eigenvalue weighted by molar-refractivity contribution is 6.52. The molecule has 0 aromatic heterocycles. The molecule has 4 amide bonds. The summed E-state index contributed by atoms with van der Waals surface area (Å²) in [6.45, 7) is 0.750. The van der Waals surface area contributed by atoms with Crippen LogP contribution in [0, 0.1) is 0 Å². The minimum absolute atomic E-state index is 0.116. The fraction of sp³-hybridized carbons (Fsp3) is 0.211. The highest BCUT2D eigenvalue weighted by Gasteiger charge is 2.46. The van der Waals surface area contributed by atoms with E-state index in [9.17, 15) is 14.4 Å². The Bertz CT molecular complexity index is 820. The van der Waals surface area contributed by atoms with Crippen LogP contribution >= 0.6 is 0 Å². The number of carbonyl (C=O) groups excluding carboxylic acids is 3. The second kappa shape index (κ2) is 7.37. The summed E-state index contributed by atoms with van der Waals surface area (Å²) in [6, 6.07) is 15.5. The second-order valence-corrected chi connectivity index (χ2v) is 6.13. The second-order valence-electron chi connectivity index (χ2n) is 6.13. The van der Waals surface area contributed by atoms with Crippen LogP contribution in [0.4, 0.5) is 10.5 Å². The van der Waals surface area contributed by atoms with Gasteiger partial charge in [0.1, 0.15) is 12.3 Å². The van der Waals surface area contributed by atoms with Gasteiger partial charge in [-0.05, 0) is 24.3 Å². The van der Waals surface area contributed by atoms with Gasteiger partial charge >= 0.3 is 17.8 Å². The first-order chi connectivity index (χ1) is 12.5. The molecule has 2 aromatic carbocycles. The third-order valence-corrected chi connectivity index (χ3v) is 4.16. The SMILES string of the molecule is COc1ccc(N2C(=O)C(=O)N(C[NH+](C)Cc3ccccc3)C2=O)cc1. The van der Waals surface area contributed by atoms with Gasteiger partial charge in [-0.2, -0.15) is 0 Å². The largest absolute Gasteiger partial charge is 0.497 e. The zero-order valence-corrected chi connectivity index (χ0v) is 14.6. The van der Waals surface area contributed by atoms with Crippen LogP contribution in [-0.2, 0) is 16.1 Å². The Labute approximate surface area is 151 Å². The summed E-state index contributed by atoms with van der Waals surface area (Å²) in [6.07, 6.45) is 0. The highest BCUT2D eigenvalue weighted by Crippen LogP contribution is 2.24. The van der Waals surface area contributed by atoms with E-state index in [1.54, 1.807) is 24.3 Å². The minimum atomic E-state index is -0.840. The maximum absolute atomic E-state index is 12.6. The Balaban J connectivity index is 1.73. The lowest BCUT2D eigenvalue weighted by Gasteiger charge is -2.20. The number of nitrogens with one attached hydrogen (secondary N) is 1. The molecule has 1 fully saturated rings. The fourth-order valence-corrected chi connectivity index (χ4v) is 2.87. The number of urea groups is 1. The molecule has 1 heterocycles. The highest BCUT2D eigenvalue weighted by atomic mass is 16.5. The van der Waals surface area contributed by atoms with Gasteiger partial charge in [-0.3, -0.25) is 9.59 Å². The van der Waals surface area contributed by atoms with E-state index in [-0.39, 0.29) is 6.67 Å². The molecule has 0 bridgehead atoms. The molecule has 0 radical (unpaired) electrons. The first-order valence-corrected chi connectivity index (χ1v) is 8.20. The molecule has 7 heteroatoms. The minimum Gasteiger partial charge on any atom is -0.497 e. The van der Waals surface area contributed by atoms with Gasteiger partial charge < -0.3 is 9.64 Å². The van der Waals surface area contributed by atoms with Crippen molar-refractivity contribution in [1.29, 1.82) is 0 Å². The van der Waals surface area contributed by atoms with Crippen LogP contribution < -0.4 is 14.5 Å². The van der Waals surface area contributed by atoms with E-state index in [4.69, 9.17) is 4.74 Å². The maximum atomic E-state index is 12.6. The Hall–Kier alpha value is -3.19. The molecular weight excluding hydrogens is 334 g/mol. The average Bonchev–Trinajstić information content (AvgIpc) is 2.86. The molecule has 7 nitrogen and oxygen atoms in total. The van der Waals surface area contributed by atoms with E-state index in [0.29, 0.717) is 18.0 Å². The number of carbonyl (C=O) groups is 3. The quantitative estimate of drug-likeness (QED) is 0.611. The van der Waals surface area contributed by atoms with Crippen molar-refractivity contribution in [3.05, 3.63) is 60.2 Å². The van der Waals surface area contributed by atoms with Crippen molar-refractivity contribution in [3.8, 4) is 5.75 Å². The first-order valence-electron chi connectivity index (χ1n) is 8.20. The van der Waals surface area contributed by atoms with Gasteiger partial charge in [-0.1, -0.05) is 30.3 Å². The predicted octanol–water partition coefficient (Wildman–Crippen LogP) is 0.663. The number of quaternary nitrogens is 1. The Morgan fingerprint density at radius 3 is 2.19 bits per heavy atom. The Morgan fingerprint density at radius 1 is 0.923 bits per heavy atom. The van der Waals surface area contributed by atoms with E-state index in [1.807, 2.05) is 37.4 Å². The standard InChI is InChI=1S/C19H19N3O4/c1-20(12-14-6-4-3-5-7-14)13-21-17(23)18(24)22(19(21)25)15-8-10-16(26-2)11-9-15/h3-11H,12-13H2,1-2H3/p+1. The molecule has 0 saturated carbocycles. The molecule has 134 valence electrons. The van der Waals surface area contributed by atoms with E-state index < -0.39 is 17.8 Å². The summed E-state index contributed by atoms with van der Waals surface area (Å²) in [7, 11) is 3.39. The van der Waals surface area contributed by atoms with Crippen molar-refractivity contribution in [2.45, 2.75) is 6.54 Å². The molecule has 1 atom stereocenters. The van der Waals surface area contributed by atoms with Crippen molar-refractivity contribution in [2.24, 2.45) is 0 Å². The smallest absolute Gasteiger partial charge is 0.343 e. The average molecular weight is 354 g/mol. The molecule has 1 aliphatic heterocycles. The number of rotatable bonds is 6. The van der Waals surface area contributed by atoms with Crippen molar-refractivity contribution in [3.63, 3.8) is 0 Å². The van der Waals surface area contributed by atoms with E-state index in [2.05, 4.69) is 0 Å². The molecule has 3 rings (SSSR count). The fourth-order valence-electron chi connectivity index (χ4n) is 2.87. The Morgan fingerprint density at radius 2 is 1.58 bits per heavy atom. The molecule has 1 N–H and O–H groups in total. The molecular formula is C19H20N3O4+. The van der Waals surface area contributed by atoms with Crippen LogP contribution in [0.3, 0.4) is 0 Å². The van der Waals surface area contributed by atoms with Gasteiger partial charge in [0.25, 0.3) is 0 Å². The number of benzene rings is 2. The molecule has 1 unspecified atom stereocenters. The van der Waals surface area contributed by atoms with E-state index in [1.165, 1.54) is 7.11 Å². The molecule has 2 aromatic rings. The van der Waals surface area contributed by atoms with Gasteiger partial charge in [0.05, 0.1) is 19.8 Å². The number of nitrogens with zero attached hydrogens (tertiary/aromatic N) is 2. The first kappa shape index (κ1) is 17.6. The van der Waals surface area contributed by atoms with Gasteiger partial charge in [-0.25, -0.2) is 14.6 Å². The van der Waals surface area contributed by atoms with Crippen LogP contribution in [0.2, 0.25) is 0 Å². The van der Waals surface area contributed by atoms with E-state index in [0.717, 1.165) is 20.3 Å². The van der Waals surface area contributed by atoms with Crippen LogP contribution in [0.1, 0.15) is 5.56 Å². The number of hydrogen-bond donors (Lipinski definition) is 1. The number of imide groups is 2. The zero-order chi connectivity index (χ0) is 18.7. The molecule has 26 heavy (non-hydrogen) atoms. The lowest BCUT2D eigenvalue weighted by atomic mass is 10.2. The number of amides is 4. The van der Waals surface area contributed by atoms with Crippen molar-refractivity contribution in [2.75, 3.05) is 25.7 Å². The summed E-state index contributed by atoms with van der Waals surface area (Å²) < 4.78 is 5.07. The van der Waals surface area contributed by atoms with Crippen molar-refractivity contribution < 1.29 is 24.0 Å². The monoisotopic (exact) mass is 354 g/mol. The number of methoxy groups -OCH3 is 1. The van der Waals surface area contributed by atoms with E-state index >= 15 is 0 Å². The lowest BCUT2D eigenvalue weighted by molar-refractivity contribution is -0.901. The summed E-state index contributed by atoms with van der Waals surface area (Å²) in [5, 5.41) is 0. The molecule has 1 saturated heterocycles. The van der Waals surface area contributed by atoms with Crippen LogP contribution in [0.25, 0.3) is 0 Å². The van der Waals surface area contributed by atoms with Crippen LogP contribution in [0.15, 0.2) is 54.6 Å². The Kier molecular flexibility index (Phi) is 4.99. The summed E-state index contributed by atoms with van der Waals surface area (Å²) in [5.74, 6) is -1.05. The van der Waals surface area contributed by atoms with Gasteiger partial charge in [-0.15, -0.1) is 0 Å². The van der Waals surface area contributed by atoms with Crippen molar-refractivity contribution in [1.82, 2.24) is 4.90 Å². The maximum Gasteiger partial charge on any atom is 0.343 e. The van der Waals surface area contributed by atoms with Crippen LogP contribution in [-0.4, -0.2) is 43.6 Å². The molecule has 0 spiro atoms. The van der Waals surface area contributed by atoms with Gasteiger partial charge in [0.2, 0.25) is 0 Å².